The Labute approximate surface area is 119 Å². The maximum absolute atomic E-state index is 12.4. The van der Waals surface area contributed by atoms with Crippen molar-refractivity contribution in [1.29, 1.82) is 0 Å². The molecule has 0 fully saturated rings. The molecule has 0 N–H and O–H groups in total. The summed E-state index contributed by atoms with van der Waals surface area (Å²) in [4.78, 5) is 25.6. The van der Waals surface area contributed by atoms with Gasteiger partial charge in [-0.25, -0.2) is 0 Å². The average molecular weight is 275 g/mol. The van der Waals surface area contributed by atoms with Crippen molar-refractivity contribution in [3.8, 4) is 0 Å². The number of methoxy groups -OCH3 is 1. The maximum atomic E-state index is 12.4. The summed E-state index contributed by atoms with van der Waals surface area (Å²) < 4.78 is 4.67. The molecule has 1 aliphatic rings. The molecule has 4 nitrogen and oxygen atoms in total. The molecular formula is C16H21NO3. The number of esters is 1. The number of amides is 1. The minimum absolute atomic E-state index is 0.0184. The van der Waals surface area contributed by atoms with Gasteiger partial charge in [-0.1, -0.05) is 31.2 Å². The van der Waals surface area contributed by atoms with E-state index in [0.29, 0.717) is 6.54 Å². The van der Waals surface area contributed by atoms with Crippen molar-refractivity contribution in [1.82, 2.24) is 4.90 Å². The molecule has 1 aromatic carbocycles. The number of carbonyl (C=O) groups excluding carboxylic acids is 2. The topological polar surface area (TPSA) is 46.6 Å². The van der Waals surface area contributed by atoms with Crippen LogP contribution in [-0.4, -0.2) is 29.9 Å². The molecule has 1 amide bonds. The zero-order valence-corrected chi connectivity index (χ0v) is 12.3. The Morgan fingerprint density at radius 2 is 2.00 bits per heavy atom. The van der Waals surface area contributed by atoms with Crippen molar-refractivity contribution >= 4 is 11.9 Å². The van der Waals surface area contributed by atoms with Gasteiger partial charge in [0.2, 0.25) is 5.91 Å². The van der Waals surface area contributed by atoms with Gasteiger partial charge in [0.15, 0.2) is 0 Å². The van der Waals surface area contributed by atoms with Gasteiger partial charge in [-0.15, -0.1) is 0 Å². The van der Waals surface area contributed by atoms with Crippen LogP contribution in [0.25, 0.3) is 0 Å². The minimum atomic E-state index is -0.392. The Morgan fingerprint density at radius 3 is 2.65 bits per heavy atom. The fourth-order valence-electron chi connectivity index (χ4n) is 2.68. The number of nitrogens with zero attached hydrogens (tertiary/aromatic N) is 1. The van der Waals surface area contributed by atoms with Gasteiger partial charge in [0, 0.05) is 19.0 Å². The number of fused-ring (bicyclic) bond motifs is 1. The van der Waals surface area contributed by atoms with Crippen LogP contribution in [0.2, 0.25) is 0 Å². The second-order valence-electron chi connectivity index (χ2n) is 5.47. The Bertz CT molecular complexity index is 512. The summed E-state index contributed by atoms with van der Waals surface area (Å²) in [6.07, 6.45) is 1.08. The van der Waals surface area contributed by atoms with Gasteiger partial charge in [0.05, 0.1) is 13.0 Å². The standard InChI is InChI=1S/C16H21NO3/c1-11(16(19)20-3)8-15(18)17-10-14-7-5-4-6-13(14)9-12(17)2/h4-7,11-12H,8-10H2,1-3H3. The van der Waals surface area contributed by atoms with Crippen LogP contribution in [0.4, 0.5) is 0 Å². The summed E-state index contributed by atoms with van der Waals surface area (Å²) in [5.41, 5.74) is 2.51. The number of carbonyl (C=O) groups is 2. The van der Waals surface area contributed by atoms with Crippen molar-refractivity contribution in [2.45, 2.75) is 39.3 Å². The lowest BCUT2D eigenvalue weighted by atomic mass is 9.94. The highest BCUT2D eigenvalue weighted by Crippen LogP contribution is 2.24. The highest BCUT2D eigenvalue weighted by atomic mass is 16.5. The molecule has 1 heterocycles. The van der Waals surface area contributed by atoms with Gasteiger partial charge in [0.1, 0.15) is 0 Å². The molecule has 0 aliphatic carbocycles. The molecule has 2 unspecified atom stereocenters. The third kappa shape index (κ3) is 3.00. The smallest absolute Gasteiger partial charge is 0.308 e. The first-order valence-corrected chi connectivity index (χ1v) is 6.97. The molecule has 0 saturated heterocycles. The summed E-state index contributed by atoms with van der Waals surface area (Å²) in [5, 5.41) is 0. The first-order valence-electron chi connectivity index (χ1n) is 6.97. The Kier molecular flexibility index (Phi) is 4.42. The second-order valence-corrected chi connectivity index (χ2v) is 5.47. The van der Waals surface area contributed by atoms with Gasteiger partial charge < -0.3 is 9.64 Å². The predicted molar refractivity (Wildman–Crippen MR) is 76.0 cm³/mol. The van der Waals surface area contributed by atoms with Crippen molar-refractivity contribution in [2.75, 3.05) is 7.11 Å². The van der Waals surface area contributed by atoms with Crippen molar-refractivity contribution in [3.63, 3.8) is 0 Å². The monoisotopic (exact) mass is 275 g/mol. The fraction of sp³-hybridized carbons (Fsp3) is 0.500. The van der Waals surface area contributed by atoms with E-state index in [1.165, 1.54) is 18.2 Å². The molecule has 1 aliphatic heterocycles. The minimum Gasteiger partial charge on any atom is -0.469 e. The normalized spacial score (nSPS) is 19.1. The van der Waals surface area contributed by atoms with Crippen molar-refractivity contribution in [3.05, 3.63) is 35.4 Å². The summed E-state index contributed by atoms with van der Waals surface area (Å²) in [6.45, 7) is 4.41. The molecule has 108 valence electrons. The molecule has 0 aromatic heterocycles. The van der Waals surface area contributed by atoms with Crippen LogP contribution in [-0.2, 0) is 27.3 Å². The average Bonchev–Trinajstić information content (AvgIpc) is 2.45. The third-order valence-electron chi connectivity index (χ3n) is 3.91. The summed E-state index contributed by atoms with van der Waals surface area (Å²) in [6, 6.07) is 8.37. The molecule has 4 heteroatoms. The van der Waals surface area contributed by atoms with Crippen molar-refractivity contribution < 1.29 is 14.3 Å². The molecule has 0 bridgehead atoms. The number of hydrogen-bond acceptors (Lipinski definition) is 3. The molecular weight excluding hydrogens is 254 g/mol. The summed E-state index contributed by atoms with van der Waals surface area (Å²) in [7, 11) is 1.35. The first-order chi connectivity index (χ1) is 9.52. The van der Waals surface area contributed by atoms with Gasteiger partial charge >= 0.3 is 5.97 Å². The first kappa shape index (κ1) is 14.6. The van der Waals surface area contributed by atoms with Crippen LogP contribution < -0.4 is 0 Å². The van der Waals surface area contributed by atoms with E-state index in [9.17, 15) is 9.59 Å². The van der Waals surface area contributed by atoms with Crippen LogP contribution in [0, 0.1) is 5.92 Å². The SMILES string of the molecule is COC(=O)C(C)CC(=O)N1Cc2ccccc2CC1C. The Hall–Kier alpha value is -1.84. The predicted octanol–water partition coefficient (Wildman–Crippen LogP) is 2.16. The van der Waals surface area contributed by atoms with Crippen LogP contribution in [0.3, 0.4) is 0 Å². The lowest BCUT2D eigenvalue weighted by molar-refractivity contribution is -0.149. The Balaban J connectivity index is 2.06. The van der Waals surface area contributed by atoms with Crippen LogP contribution in [0.1, 0.15) is 31.4 Å². The van der Waals surface area contributed by atoms with Gasteiger partial charge in [-0.3, -0.25) is 9.59 Å². The zero-order valence-electron chi connectivity index (χ0n) is 12.3. The largest absolute Gasteiger partial charge is 0.469 e. The maximum Gasteiger partial charge on any atom is 0.308 e. The number of hydrogen-bond donors (Lipinski definition) is 0. The van der Waals surface area contributed by atoms with E-state index in [1.807, 2.05) is 17.0 Å². The van der Waals surface area contributed by atoms with Crippen molar-refractivity contribution in [2.24, 2.45) is 5.92 Å². The molecule has 0 spiro atoms. The van der Waals surface area contributed by atoms with E-state index in [0.717, 1.165) is 6.42 Å². The van der Waals surface area contributed by atoms with E-state index in [1.54, 1.807) is 6.92 Å². The molecule has 2 rings (SSSR count). The molecule has 0 saturated carbocycles. The lowest BCUT2D eigenvalue weighted by Gasteiger charge is -2.35. The van der Waals surface area contributed by atoms with Gasteiger partial charge in [0.25, 0.3) is 0 Å². The zero-order chi connectivity index (χ0) is 14.7. The van der Waals surface area contributed by atoms with Gasteiger partial charge in [-0.05, 0) is 24.5 Å². The van der Waals surface area contributed by atoms with E-state index < -0.39 is 5.92 Å². The second kappa shape index (κ2) is 6.07. The highest BCUT2D eigenvalue weighted by Gasteiger charge is 2.28. The third-order valence-corrected chi connectivity index (χ3v) is 3.91. The van der Waals surface area contributed by atoms with Crippen LogP contribution in [0.5, 0.6) is 0 Å². The van der Waals surface area contributed by atoms with E-state index >= 15 is 0 Å². The molecule has 1 aromatic rings. The molecule has 20 heavy (non-hydrogen) atoms. The molecule has 2 atom stereocenters. The number of ether oxygens (including phenoxy) is 1. The summed E-state index contributed by atoms with van der Waals surface area (Å²) >= 11 is 0. The number of benzene rings is 1. The van der Waals surface area contributed by atoms with E-state index in [-0.39, 0.29) is 24.3 Å². The fourth-order valence-corrected chi connectivity index (χ4v) is 2.68. The van der Waals surface area contributed by atoms with Crippen LogP contribution >= 0.6 is 0 Å². The highest BCUT2D eigenvalue weighted by molar-refractivity contribution is 5.83. The van der Waals surface area contributed by atoms with E-state index in [4.69, 9.17) is 0 Å². The Morgan fingerprint density at radius 1 is 1.35 bits per heavy atom. The van der Waals surface area contributed by atoms with Crippen LogP contribution in [0.15, 0.2) is 24.3 Å². The molecule has 0 radical (unpaired) electrons. The van der Waals surface area contributed by atoms with Gasteiger partial charge in [-0.2, -0.15) is 0 Å². The summed E-state index contributed by atoms with van der Waals surface area (Å²) in [5.74, 6) is -0.704. The van der Waals surface area contributed by atoms with E-state index in [2.05, 4.69) is 23.8 Å². The lowest BCUT2D eigenvalue weighted by Crippen LogP contribution is -2.43. The number of rotatable bonds is 3. The quantitative estimate of drug-likeness (QED) is 0.794.